The molecule has 4 rings (SSSR count). The van der Waals surface area contributed by atoms with Gasteiger partial charge in [-0.1, -0.05) is 0 Å². The number of carbonyl (C=O) groups is 1. The molecule has 1 amide bonds. The monoisotopic (exact) mass is 484 g/mol. The van der Waals surface area contributed by atoms with E-state index >= 15 is 0 Å². The minimum Gasteiger partial charge on any atom is -0.383 e. The summed E-state index contributed by atoms with van der Waals surface area (Å²) in [6.45, 7) is 3.56. The first-order valence-electron chi connectivity index (χ1n) is 9.48. The van der Waals surface area contributed by atoms with Crippen molar-refractivity contribution in [2.75, 3.05) is 25.2 Å². The predicted octanol–water partition coefficient (Wildman–Crippen LogP) is 3.81. The maximum atomic E-state index is 13.1. The molecule has 0 radical (unpaired) electrons. The number of halogens is 4. The van der Waals surface area contributed by atoms with Crippen molar-refractivity contribution in [2.24, 2.45) is 0 Å². The van der Waals surface area contributed by atoms with Gasteiger partial charge in [0.25, 0.3) is 5.91 Å². The van der Waals surface area contributed by atoms with Crippen molar-refractivity contribution in [3.8, 4) is 0 Å². The lowest BCUT2D eigenvalue weighted by molar-refractivity contribution is -0.137. The summed E-state index contributed by atoms with van der Waals surface area (Å²) in [7, 11) is 1.59. The zero-order valence-electron chi connectivity index (χ0n) is 16.5. The number of methoxy groups -OCH3 is 1. The lowest BCUT2D eigenvalue weighted by atomic mass is 10.0. The third-order valence-electron chi connectivity index (χ3n) is 5.45. The third-order valence-corrected chi connectivity index (χ3v) is 6.04. The summed E-state index contributed by atoms with van der Waals surface area (Å²) >= 11 is 3.49. The molecule has 2 aromatic rings. The quantitative estimate of drug-likeness (QED) is 0.660. The van der Waals surface area contributed by atoms with E-state index in [1.54, 1.807) is 18.1 Å². The van der Waals surface area contributed by atoms with E-state index in [0.717, 1.165) is 12.3 Å². The number of pyridine rings is 2. The Morgan fingerprint density at radius 2 is 2.03 bits per heavy atom. The van der Waals surface area contributed by atoms with Crippen LogP contribution in [0.1, 0.15) is 39.8 Å². The Hall–Kier alpha value is -2.20. The van der Waals surface area contributed by atoms with Crippen LogP contribution in [0.25, 0.3) is 0 Å². The molecule has 2 aromatic heterocycles. The predicted molar refractivity (Wildman–Crippen MR) is 107 cm³/mol. The number of aromatic nitrogens is 2. The number of amides is 1. The summed E-state index contributed by atoms with van der Waals surface area (Å²) in [6, 6.07) is 2.82. The van der Waals surface area contributed by atoms with Crippen molar-refractivity contribution in [2.45, 2.75) is 38.7 Å². The van der Waals surface area contributed by atoms with E-state index in [2.05, 4.69) is 20.9 Å². The molecule has 0 saturated carbocycles. The molecule has 0 N–H and O–H groups in total. The minimum atomic E-state index is -4.43. The molecular formula is C20H20BrF3N4O2. The Kier molecular flexibility index (Phi) is 5.48. The first kappa shape index (κ1) is 21.0. The number of carbonyl (C=O) groups excluding carboxylic acids is 1. The summed E-state index contributed by atoms with van der Waals surface area (Å²) in [4.78, 5) is 25.1. The van der Waals surface area contributed by atoms with Gasteiger partial charge in [0.05, 0.1) is 40.5 Å². The van der Waals surface area contributed by atoms with Crippen LogP contribution in [0.3, 0.4) is 0 Å². The van der Waals surface area contributed by atoms with E-state index in [1.807, 2.05) is 11.8 Å². The molecule has 0 spiro atoms. The molecule has 6 nitrogen and oxygen atoms in total. The first-order valence-corrected chi connectivity index (χ1v) is 10.3. The van der Waals surface area contributed by atoms with Crippen LogP contribution in [-0.2, 0) is 30.4 Å². The summed E-state index contributed by atoms with van der Waals surface area (Å²) in [5.74, 6) is 0.517. The molecule has 4 heterocycles. The van der Waals surface area contributed by atoms with Gasteiger partial charge in [0.1, 0.15) is 5.82 Å². The van der Waals surface area contributed by atoms with Gasteiger partial charge in [0.2, 0.25) is 0 Å². The molecule has 0 fully saturated rings. The van der Waals surface area contributed by atoms with Gasteiger partial charge >= 0.3 is 6.18 Å². The highest BCUT2D eigenvalue weighted by molar-refractivity contribution is 9.10. The third kappa shape index (κ3) is 3.78. The summed E-state index contributed by atoms with van der Waals surface area (Å²) in [6.07, 6.45) is -3.02. The fourth-order valence-electron chi connectivity index (χ4n) is 3.88. The number of hydrogen-bond donors (Lipinski definition) is 0. The van der Waals surface area contributed by atoms with Crippen LogP contribution >= 0.6 is 15.9 Å². The normalized spacial score (nSPS) is 17.2. The number of nitrogens with zero attached hydrogens (tertiary/aromatic N) is 4. The van der Waals surface area contributed by atoms with Crippen LogP contribution in [0.5, 0.6) is 0 Å². The molecule has 0 saturated heterocycles. The van der Waals surface area contributed by atoms with Crippen LogP contribution in [0, 0.1) is 0 Å². The number of rotatable bonds is 4. The number of ether oxygens (including phenoxy) is 1. The molecule has 2 aliphatic rings. The molecule has 0 bridgehead atoms. The van der Waals surface area contributed by atoms with Crippen molar-refractivity contribution in [1.29, 1.82) is 0 Å². The fraction of sp³-hybridized carbons (Fsp3) is 0.450. The highest BCUT2D eigenvalue weighted by Gasteiger charge is 2.35. The fourth-order valence-corrected chi connectivity index (χ4v) is 4.45. The lowest BCUT2D eigenvalue weighted by Crippen LogP contribution is -2.36. The van der Waals surface area contributed by atoms with Crippen molar-refractivity contribution < 1.29 is 22.7 Å². The van der Waals surface area contributed by atoms with Gasteiger partial charge < -0.3 is 14.5 Å². The standard InChI is InChI=1S/C20H20BrF3N4O2/c1-11(10-30-2)28-9-17-14(19(28)29)6-15(21)18(26-17)27-4-3-16-12(8-27)5-13(7-25-16)20(22,23)24/h5-7,11H,3-4,8-10H2,1-2H3/t11-/m1/s1. The van der Waals surface area contributed by atoms with Gasteiger partial charge in [-0.15, -0.1) is 0 Å². The lowest BCUT2D eigenvalue weighted by Gasteiger charge is -2.30. The average molecular weight is 485 g/mol. The zero-order valence-corrected chi connectivity index (χ0v) is 18.0. The molecule has 0 unspecified atom stereocenters. The van der Waals surface area contributed by atoms with Gasteiger partial charge in [-0.2, -0.15) is 13.2 Å². The topological polar surface area (TPSA) is 58.6 Å². The zero-order chi connectivity index (χ0) is 21.6. The Morgan fingerprint density at radius 3 is 2.73 bits per heavy atom. The number of hydrogen-bond acceptors (Lipinski definition) is 5. The maximum absolute atomic E-state index is 13.1. The maximum Gasteiger partial charge on any atom is 0.417 e. The average Bonchev–Trinajstić information content (AvgIpc) is 3.02. The second kappa shape index (κ2) is 7.81. The number of alkyl halides is 3. The largest absolute Gasteiger partial charge is 0.417 e. The van der Waals surface area contributed by atoms with E-state index in [-0.39, 0.29) is 18.5 Å². The molecule has 160 valence electrons. The highest BCUT2D eigenvalue weighted by Crippen LogP contribution is 2.35. The van der Waals surface area contributed by atoms with E-state index < -0.39 is 11.7 Å². The van der Waals surface area contributed by atoms with Crippen molar-refractivity contribution in [3.63, 3.8) is 0 Å². The highest BCUT2D eigenvalue weighted by atomic mass is 79.9. The second-order valence-electron chi connectivity index (χ2n) is 7.52. The van der Waals surface area contributed by atoms with E-state index in [9.17, 15) is 18.0 Å². The Balaban J connectivity index is 1.61. The minimum absolute atomic E-state index is 0.0901. The Labute approximate surface area is 180 Å². The van der Waals surface area contributed by atoms with Crippen LogP contribution in [0.2, 0.25) is 0 Å². The Morgan fingerprint density at radius 1 is 1.27 bits per heavy atom. The van der Waals surface area contributed by atoms with Crippen molar-refractivity contribution in [1.82, 2.24) is 14.9 Å². The Bertz CT molecular complexity index is 999. The van der Waals surface area contributed by atoms with E-state index in [0.29, 0.717) is 58.9 Å². The SMILES string of the molecule is COC[C@@H](C)N1Cc2nc(N3CCc4ncc(C(F)(F)F)cc4C3)c(Br)cc2C1=O. The molecule has 10 heteroatoms. The van der Waals surface area contributed by atoms with Gasteiger partial charge in [0.15, 0.2) is 0 Å². The molecule has 0 aromatic carbocycles. The van der Waals surface area contributed by atoms with Crippen LogP contribution in [0.4, 0.5) is 19.0 Å². The first-order chi connectivity index (χ1) is 14.2. The van der Waals surface area contributed by atoms with Gasteiger partial charge in [-0.05, 0) is 40.5 Å². The van der Waals surface area contributed by atoms with Crippen LogP contribution in [0.15, 0.2) is 22.8 Å². The molecule has 0 aliphatic carbocycles. The second-order valence-corrected chi connectivity index (χ2v) is 8.38. The van der Waals surface area contributed by atoms with Crippen molar-refractivity contribution in [3.05, 3.63) is 50.9 Å². The summed E-state index contributed by atoms with van der Waals surface area (Å²) in [5.41, 5.74) is 1.65. The smallest absolute Gasteiger partial charge is 0.383 e. The van der Waals surface area contributed by atoms with Crippen LogP contribution in [-0.4, -0.2) is 47.1 Å². The van der Waals surface area contributed by atoms with E-state index in [1.165, 1.54) is 0 Å². The van der Waals surface area contributed by atoms with Gasteiger partial charge in [-0.25, -0.2) is 4.98 Å². The summed E-state index contributed by atoms with van der Waals surface area (Å²) < 4.78 is 45.0. The molecule has 1 atom stereocenters. The van der Waals surface area contributed by atoms with Gasteiger partial charge in [-0.3, -0.25) is 9.78 Å². The van der Waals surface area contributed by atoms with Crippen molar-refractivity contribution >= 4 is 27.7 Å². The van der Waals surface area contributed by atoms with Crippen LogP contribution < -0.4 is 4.90 Å². The molecular weight excluding hydrogens is 465 g/mol. The number of anilines is 1. The molecule has 2 aliphatic heterocycles. The van der Waals surface area contributed by atoms with E-state index in [4.69, 9.17) is 9.72 Å². The number of fused-ring (bicyclic) bond motifs is 2. The summed E-state index contributed by atoms with van der Waals surface area (Å²) in [5, 5.41) is 0. The van der Waals surface area contributed by atoms with Gasteiger partial charge in [0, 0.05) is 38.5 Å². The molecule has 30 heavy (non-hydrogen) atoms.